The van der Waals surface area contributed by atoms with E-state index in [2.05, 4.69) is 27.5 Å². The first-order valence-corrected chi connectivity index (χ1v) is 6.04. The van der Waals surface area contributed by atoms with Gasteiger partial charge in [0.05, 0.1) is 12.6 Å². The molecule has 0 aromatic carbocycles. The highest BCUT2D eigenvalue weighted by atomic mass is 16.5. The van der Waals surface area contributed by atoms with Crippen molar-refractivity contribution < 1.29 is 4.74 Å². The van der Waals surface area contributed by atoms with Crippen LogP contribution >= 0.6 is 0 Å². The maximum Gasteiger partial charge on any atom is 0.224 e. The molecule has 1 unspecified atom stereocenters. The largest absolute Gasteiger partial charge is 0.383 e. The molecule has 0 bridgehead atoms. The third-order valence-electron chi connectivity index (χ3n) is 2.40. The fraction of sp³-hybridized carbons (Fsp3) is 0.667. The van der Waals surface area contributed by atoms with Crippen molar-refractivity contribution in [2.45, 2.75) is 33.2 Å². The molecule has 0 spiro atoms. The molecule has 1 aromatic heterocycles. The van der Waals surface area contributed by atoms with E-state index < -0.39 is 0 Å². The summed E-state index contributed by atoms with van der Waals surface area (Å²) >= 11 is 0. The van der Waals surface area contributed by atoms with E-state index in [0.29, 0.717) is 12.6 Å². The fourth-order valence-electron chi connectivity index (χ4n) is 1.55. The van der Waals surface area contributed by atoms with Crippen molar-refractivity contribution in [3.05, 3.63) is 11.8 Å². The van der Waals surface area contributed by atoms with Crippen LogP contribution in [0.1, 0.15) is 26.0 Å². The highest BCUT2D eigenvalue weighted by molar-refractivity contribution is 5.42. The van der Waals surface area contributed by atoms with Crippen molar-refractivity contribution in [2.75, 3.05) is 30.9 Å². The first-order chi connectivity index (χ1) is 8.19. The van der Waals surface area contributed by atoms with E-state index in [1.165, 1.54) is 0 Å². The van der Waals surface area contributed by atoms with Gasteiger partial charge in [-0.05, 0) is 20.3 Å². The minimum atomic E-state index is 0.281. The predicted molar refractivity (Wildman–Crippen MR) is 70.5 cm³/mol. The number of aromatic nitrogens is 2. The van der Waals surface area contributed by atoms with Gasteiger partial charge in [0.25, 0.3) is 0 Å². The molecule has 0 aliphatic heterocycles. The number of methoxy groups -OCH3 is 1. The van der Waals surface area contributed by atoms with Crippen molar-refractivity contribution in [3.8, 4) is 0 Å². The molecule has 1 rings (SSSR count). The van der Waals surface area contributed by atoms with Crippen LogP contribution in [0.4, 0.5) is 11.8 Å². The molecule has 0 amide bonds. The first-order valence-electron chi connectivity index (χ1n) is 6.04. The Balaban J connectivity index is 2.75. The zero-order chi connectivity index (χ0) is 12.7. The Morgan fingerprint density at radius 2 is 2.12 bits per heavy atom. The molecule has 2 N–H and O–H groups in total. The molecule has 0 aliphatic carbocycles. The Kier molecular flexibility index (Phi) is 5.69. The summed E-state index contributed by atoms with van der Waals surface area (Å²) in [4.78, 5) is 8.71. The zero-order valence-electron chi connectivity index (χ0n) is 11.1. The predicted octanol–water partition coefficient (Wildman–Crippen LogP) is 2.05. The van der Waals surface area contributed by atoms with Crippen LogP contribution in [-0.2, 0) is 4.74 Å². The van der Waals surface area contributed by atoms with Gasteiger partial charge in [0.2, 0.25) is 5.95 Å². The minimum absolute atomic E-state index is 0.281. The monoisotopic (exact) mass is 238 g/mol. The molecule has 1 heterocycles. The van der Waals surface area contributed by atoms with Gasteiger partial charge in [-0.2, -0.15) is 4.98 Å². The lowest BCUT2D eigenvalue weighted by Crippen LogP contribution is -2.24. The zero-order valence-corrected chi connectivity index (χ0v) is 11.1. The molecule has 1 aromatic rings. The second-order valence-electron chi connectivity index (χ2n) is 3.95. The molecular formula is C12H22N4O. The van der Waals surface area contributed by atoms with E-state index in [-0.39, 0.29) is 6.04 Å². The van der Waals surface area contributed by atoms with Gasteiger partial charge in [0.15, 0.2) is 0 Å². The topological polar surface area (TPSA) is 59.1 Å². The number of nitrogens with one attached hydrogen (secondary N) is 2. The quantitative estimate of drug-likeness (QED) is 0.761. The van der Waals surface area contributed by atoms with Crippen LogP contribution in [0.15, 0.2) is 6.07 Å². The molecule has 0 saturated carbocycles. The van der Waals surface area contributed by atoms with Crippen LogP contribution in [0.5, 0.6) is 0 Å². The van der Waals surface area contributed by atoms with Gasteiger partial charge in [-0.1, -0.05) is 6.92 Å². The van der Waals surface area contributed by atoms with Gasteiger partial charge in [-0.15, -0.1) is 0 Å². The standard InChI is InChI=1S/C12H22N4O/c1-5-10(8-17-4)15-11-7-9(3)14-12(16-11)13-6-2/h7,10H,5-6,8H2,1-4H3,(H2,13,14,15,16). The van der Waals surface area contributed by atoms with E-state index >= 15 is 0 Å². The number of hydrogen-bond donors (Lipinski definition) is 2. The summed E-state index contributed by atoms with van der Waals surface area (Å²) in [6.07, 6.45) is 0.993. The lowest BCUT2D eigenvalue weighted by atomic mass is 10.2. The van der Waals surface area contributed by atoms with Crippen LogP contribution in [-0.4, -0.2) is 36.3 Å². The van der Waals surface area contributed by atoms with Gasteiger partial charge in [0, 0.05) is 25.4 Å². The van der Waals surface area contributed by atoms with Crippen molar-refractivity contribution in [1.29, 1.82) is 0 Å². The SMILES string of the molecule is CCNc1nc(C)cc(NC(CC)COC)n1. The summed E-state index contributed by atoms with van der Waals surface area (Å²) in [5.41, 5.74) is 0.950. The maximum absolute atomic E-state index is 5.15. The van der Waals surface area contributed by atoms with E-state index in [4.69, 9.17) is 4.74 Å². The number of aryl methyl sites for hydroxylation is 1. The van der Waals surface area contributed by atoms with Crippen LogP contribution in [0.3, 0.4) is 0 Å². The summed E-state index contributed by atoms with van der Waals surface area (Å²) in [7, 11) is 1.71. The molecule has 5 nitrogen and oxygen atoms in total. The summed E-state index contributed by atoms with van der Waals surface area (Å²) < 4.78 is 5.15. The Labute approximate surface area is 103 Å². The highest BCUT2D eigenvalue weighted by Gasteiger charge is 2.08. The molecule has 0 fully saturated rings. The normalized spacial score (nSPS) is 12.2. The van der Waals surface area contributed by atoms with Crippen molar-refractivity contribution in [1.82, 2.24) is 9.97 Å². The molecule has 0 aliphatic rings. The Morgan fingerprint density at radius 1 is 1.35 bits per heavy atom. The molecule has 17 heavy (non-hydrogen) atoms. The molecule has 1 atom stereocenters. The number of nitrogens with zero attached hydrogens (tertiary/aromatic N) is 2. The van der Waals surface area contributed by atoms with Crippen LogP contribution in [0, 0.1) is 6.92 Å². The first kappa shape index (κ1) is 13.7. The highest BCUT2D eigenvalue weighted by Crippen LogP contribution is 2.11. The second kappa shape index (κ2) is 7.06. The lowest BCUT2D eigenvalue weighted by Gasteiger charge is -2.17. The average molecular weight is 238 g/mol. The fourth-order valence-corrected chi connectivity index (χ4v) is 1.55. The van der Waals surface area contributed by atoms with Gasteiger partial charge in [-0.25, -0.2) is 4.98 Å². The van der Waals surface area contributed by atoms with Crippen LogP contribution in [0.25, 0.3) is 0 Å². The molecule has 5 heteroatoms. The lowest BCUT2D eigenvalue weighted by molar-refractivity contribution is 0.184. The van der Waals surface area contributed by atoms with E-state index in [9.17, 15) is 0 Å². The van der Waals surface area contributed by atoms with Crippen LogP contribution < -0.4 is 10.6 Å². The summed E-state index contributed by atoms with van der Waals surface area (Å²) in [6, 6.07) is 2.22. The minimum Gasteiger partial charge on any atom is -0.383 e. The summed E-state index contributed by atoms with van der Waals surface area (Å²) in [5, 5.41) is 6.47. The number of hydrogen-bond acceptors (Lipinski definition) is 5. The van der Waals surface area contributed by atoms with Gasteiger partial charge in [0.1, 0.15) is 5.82 Å². The molecule has 96 valence electrons. The third-order valence-corrected chi connectivity index (χ3v) is 2.40. The number of anilines is 2. The number of ether oxygens (including phenoxy) is 1. The van der Waals surface area contributed by atoms with Gasteiger partial charge < -0.3 is 15.4 Å². The molecule has 0 saturated heterocycles. The molecule has 0 radical (unpaired) electrons. The summed E-state index contributed by atoms with van der Waals surface area (Å²) in [6.45, 7) is 7.60. The van der Waals surface area contributed by atoms with Crippen molar-refractivity contribution >= 4 is 11.8 Å². The Morgan fingerprint density at radius 3 is 2.71 bits per heavy atom. The van der Waals surface area contributed by atoms with E-state index in [1.807, 2.05) is 19.9 Å². The Bertz CT molecular complexity index is 343. The third kappa shape index (κ3) is 4.56. The van der Waals surface area contributed by atoms with E-state index in [1.54, 1.807) is 7.11 Å². The van der Waals surface area contributed by atoms with Crippen molar-refractivity contribution in [3.63, 3.8) is 0 Å². The average Bonchev–Trinajstić information content (AvgIpc) is 2.28. The Hall–Kier alpha value is -1.36. The van der Waals surface area contributed by atoms with Crippen LogP contribution in [0.2, 0.25) is 0 Å². The van der Waals surface area contributed by atoms with Gasteiger partial charge in [-0.3, -0.25) is 0 Å². The smallest absolute Gasteiger partial charge is 0.224 e. The van der Waals surface area contributed by atoms with Gasteiger partial charge >= 0.3 is 0 Å². The second-order valence-corrected chi connectivity index (χ2v) is 3.95. The maximum atomic E-state index is 5.15. The number of rotatable bonds is 7. The molecular weight excluding hydrogens is 216 g/mol. The van der Waals surface area contributed by atoms with Crippen molar-refractivity contribution in [2.24, 2.45) is 0 Å². The van der Waals surface area contributed by atoms with E-state index in [0.717, 1.165) is 24.5 Å². The summed E-state index contributed by atoms with van der Waals surface area (Å²) in [5.74, 6) is 1.51.